The topological polar surface area (TPSA) is 94.2 Å². The standard InChI is InChI=1S/C27H30N2O6S2/c1-27(2,3)35-26(32)28-21-23(30)29-22(25(31)34-14-17-10-12-19(33-4)13-11-17)18(16-37-24(21)29)15-36-20-8-6-5-7-9-20/h5-13,21,24H,14-16H2,1-4H3,(H,28,32)/t21-,24?/m1/s1. The molecule has 196 valence electrons. The average molecular weight is 543 g/mol. The number of hydrogen-bond donors (Lipinski definition) is 1. The number of carbonyl (C=O) groups is 3. The van der Waals surface area contributed by atoms with E-state index in [1.165, 1.54) is 16.7 Å². The predicted molar refractivity (Wildman–Crippen MR) is 143 cm³/mol. The van der Waals surface area contributed by atoms with Gasteiger partial charge in [0.1, 0.15) is 35.1 Å². The lowest BCUT2D eigenvalue weighted by atomic mass is 10.0. The second-order valence-electron chi connectivity index (χ2n) is 9.51. The van der Waals surface area contributed by atoms with Gasteiger partial charge in [-0.3, -0.25) is 9.69 Å². The van der Waals surface area contributed by atoms with Crippen molar-refractivity contribution >= 4 is 41.5 Å². The molecule has 1 unspecified atom stereocenters. The van der Waals surface area contributed by atoms with E-state index in [1.54, 1.807) is 51.8 Å². The molecule has 2 atom stereocenters. The fourth-order valence-corrected chi connectivity index (χ4v) is 6.25. The highest BCUT2D eigenvalue weighted by Crippen LogP contribution is 2.42. The van der Waals surface area contributed by atoms with Gasteiger partial charge in [-0.2, -0.15) is 0 Å². The summed E-state index contributed by atoms with van der Waals surface area (Å²) in [4.78, 5) is 41.3. The van der Waals surface area contributed by atoms with Gasteiger partial charge in [0.2, 0.25) is 0 Å². The summed E-state index contributed by atoms with van der Waals surface area (Å²) in [7, 11) is 1.59. The second-order valence-corrected chi connectivity index (χ2v) is 11.7. The molecule has 4 rings (SSSR count). The van der Waals surface area contributed by atoms with E-state index in [2.05, 4.69) is 5.32 Å². The largest absolute Gasteiger partial charge is 0.497 e. The molecule has 37 heavy (non-hydrogen) atoms. The van der Waals surface area contributed by atoms with Crippen LogP contribution in [-0.4, -0.2) is 58.5 Å². The third-order valence-electron chi connectivity index (χ3n) is 5.60. The first-order chi connectivity index (χ1) is 17.7. The minimum atomic E-state index is -0.771. The molecule has 0 aromatic heterocycles. The number of nitrogens with zero attached hydrogens (tertiary/aromatic N) is 1. The van der Waals surface area contributed by atoms with Crippen LogP contribution in [0.1, 0.15) is 26.3 Å². The number of carbonyl (C=O) groups excluding carboxylic acids is 3. The molecule has 0 radical (unpaired) electrons. The van der Waals surface area contributed by atoms with Crippen LogP contribution in [0.3, 0.4) is 0 Å². The lowest BCUT2D eigenvalue weighted by Gasteiger charge is -2.49. The predicted octanol–water partition coefficient (Wildman–Crippen LogP) is 4.59. The quantitative estimate of drug-likeness (QED) is 0.294. The van der Waals surface area contributed by atoms with E-state index in [4.69, 9.17) is 14.2 Å². The number of methoxy groups -OCH3 is 1. The minimum absolute atomic E-state index is 0.0604. The maximum atomic E-state index is 13.3. The molecule has 2 aromatic rings. The monoisotopic (exact) mass is 542 g/mol. The molecule has 0 saturated carbocycles. The summed E-state index contributed by atoms with van der Waals surface area (Å²) in [5.74, 6) is 0.855. The molecule has 1 N–H and O–H groups in total. The van der Waals surface area contributed by atoms with Crippen molar-refractivity contribution in [2.24, 2.45) is 0 Å². The lowest BCUT2D eigenvalue weighted by molar-refractivity contribution is -0.152. The molecule has 8 nitrogen and oxygen atoms in total. The molecule has 1 fully saturated rings. The summed E-state index contributed by atoms with van der Waals surface area (Å²) in [6.07, 6.45) is -0.663. The number of rotatable bonds is 8. The van der Waals surface area contributed by atoms with Crippen molar-refractivity contribution in [3.63, 3.8) is 0 Å². The number of hydrogen-bond acceptors (Lipinski definition) is 8. The molecule has 2 aliphatic heterocycles. The van der Waals surface area contributed by atoms with E-state index >= 15 is 0 Å². The Hall–Kier alpha value is -3.11. The Bertz CT molecular complexity index is 1180. The summed E-state index contributed by atoms with van der Waals surface area (Å²) >= 11 is 3.10. The van der Waals surface area contributed by atoms with Gasteiger partial charge in [0, 0.05) is 16.4 Å². The second kappa shape index (κ2) is 11.5. The van der Waals surface area contributed by atoms with Gasteiger partial charge in [-0.1, -0.05) is 30.3 Å². The Morgan fingerprint density at radius 3 is 2.46 bits per heavy atom. The highest BCUT2D eigenvalue weighted by molar-refractivity contribution is 8.01. The van der Waals surface area contributed by atoms with Crippen LogP contribution < -0.4 is 10.1 Å². The molecule has 2 aromatic carbocycles. The molecular formula is C27H30N2O6S2. The maximum absolute atomic E-state index is 13.3. The van der Waals surface area contributed by atoms with E-state index in [0.29, 0.717) is 17.3 Å². The summed E-state index contributed by atoms with van der Waals surface area (Å²) in [5.41, 5.74) is 1.19. The molecule has 0 spiro atoms. The average Bonchev–Trinajstić information content (AvgIpc) is 2.88. The van der Waals surface area contributed by atoms with Crippen molar-refractivity contribution in [3.8, 4) is 5.75 Å². The lowest BCUT2D eigenvalue weighted by Crippen LogP contribution is -2.70. The third kappa shape index (κ3) is 6.61. The van der Waals surface area contributed by atoms with Gasteiger partial charge in [-0.05, 0) is 56.2 Å². The van der Waals surface area contributed by atoms with Crippen LogP contribution in [0.4, 0.5) is 4.79 Å². The Kier molecular flexibility index (Phi) is 8.39. The summed E-state index contributed by atoms with van der Waals surface area (Å²) in [5, 5.41) is 2.25. The van der Waals surface area contributed by atoms with Gasteiger partial charge < -0.3 is 19.5 Å². The van der Waals surface area contributed by atoms with Crippen molar-refractivity contribution in [1.82, 2.24) is 10.2 Å². The number of esters is 1. The molecule has 10 heteroatoms. The molecule has 0 aliphatic carbocycles. The van der Waals surface area contributed by atoms with E-state index < -0.39 is 29.1 Å². The van der Waals surface area contributed by atoms with Crippen molar-refractivity contribution < 1.29 is 28.6 Å². The SMILES string of the molecule is COc1ccc(COC(=O)C2=C(CSc3ccccc3)CSC3[C@H](NC(=O)OC(C)(C)C)C(=O)N23)cc1. The van der Waals surface area contributed by atoms with Crippen LogP contribution >= 0.6 is 23.5 Å². The number of ether oxygens (including phenoxy) is 3. The smallest absolute Gasteiger partial charge is 0.408 e. The number of thioether (sulfide) groups is 2. The van der Waals surface area contributed by atoms with E-state index in [-0.39, 0.29) is 18.2 Å². The number of nitrogens with one attached hydrogen (secondary N) is 1. The first-order valence-electron chi connectivity index (χ1n) is 11.8. The van der Waals surface area contributed by atoms with Crippen molar-refractivity contribution in [1.29, 1.82) is 0 Å². The molecule has 2 amide bonds. The fraction of sp³-hybridized carbons (Fsp3) is 0.370. The van der Waals surface area contributed by atoms with Gasteiger partial charge in [0.05, 0.1) is 7.11 Å². The number of amides is 2. The Labute approximate surface area is 225 Å². The van der Waals surface area contributed by atoms with Crippen LogP contribution in [0.25, 0.3) is 0 Å². The van der Waals surface area contributed by atoms with Gasteiger partial charge in [-0.15, -0.1) is 23.5 Å². The van der Waals surface area contributed by atoms with Crippen molar-refractivity contribution in [3.05, 3.63) is 71.4 Å². The van der Waals surface area contributed by atoms with E-state index in [1.807, 2.05) is 42.5 Å². The Balaban J connectivity index is 1.51. The van der Waals surface area contributed by atoms with Crippen LogP contribution in [0.15, 0.2) is 70.8 Å². The molecule has 2 aliphatic rings. The molecule has 2 heterocycles. The number of β-lactam (4-membered cyclic amide) rings is 1. The zero-order chi connectivity index (χ0) is 26.6. The van der Waals surface area contributed by atoms with Gasteiger partial charge in [-0.25, -0.2) is 9.59 Å². The maximum Gasteiger partial charge on any atom is 0.408 e. The molecular weight excluding hydrogens is 512 g/mol. The van der Waals surface area contributed by atoms with Gasteiger partial charge in [0.15, 0.2) is 0 Å². The summed E-state index contributed by atoms with van der Waals surface area (Å²) in [6.45, 7) is 5.33. The number of benzene rings is 2. The highest BCUT2D eigenvalue weighted by Gasteiger charge is 2.54. The first kappa shape index (κ1) is 26.9. The van der Waals surface area contributed by atoms with Crippen LogP contribution in [-0.2, 0) is 25.7 Å². The van der Waals surface area contributed by atoms with E-state index in [0.717, 1.165) is 16.0 Å². The van der Waals surface area contributed by atoms with E-state index in [9.17, 15) is 14.4 Å². The van der Waals surface area contributed by atoms with Crippen molar-refractivity contribution in [2.75, 3.05) is 18.6 Å². The Morgan fingerprint density at radius 2 is 1.81 bits per heavy atom. The van der Waals surface area contributed by atoms with Crippen LogP contribution in [0, 0.1) is 0 Å². The highest BCUT2D eigenvalue weighted by atomic mass is 32.2. The minimum Gasteiger partial charge on any atom is -0.497 e. The zero-order valence-corrected chi connectivity index (χ0v) is 22.8. The Morgan fingerprint density at radius 1 is 1.11 bits per heavy atom. The third-order valence-corrected chi connectivity index (χ3v) is 8.04. The van der Waals surface area contributed by atoms with Crippen LogP contribution in [0.5, 0.6) is 5.75 Å². The first-order valence-corrected chi connectivity index (χ1v) is 13.8. The number of fused-ring (bicyclic) bond motifs is 1. The summed E-state index contributed by atoms with van der Waals surface area (Å²) < 4.78 is 16.1. The van der Waals surface area contributed by atoms with Gasteiger partial charge in [0.25, 0.3) is 5.91 Å². The zero-order valence-electron chi connectivity index (χ0n) is 21.2. The van der Waals surface area contributed by atoms with Crippen molar-refractivity contribution in [2.45, 2.75) is 49.3 Å². The number of alkyl carbamates (subject to hydrolysis) is 1. The fourth-order valence-electron chi connectivity index (χ4n) is 3.84. The molecule has 0 bridgehead atoms. The normalized spacial score (nSPS) is 19.0. The molecule has 1 saturated heterocycles. The summed E-state index contributed by atoms with van der Waals surface area (Å²) in [6, 6.07) is 16.3. The van der Waals surface area contributed by atoms with Crippen LogP contribution in [0.2, 0.25) is 0 Å². The van der Waals surface area contributed by atoms with Gasteiger partial charge >= 0.3 is 12.1 Å².